The first kappa shape index (κ1) is 6.41. The van der Waals surface area contributed by atoms with Gasteiger partial charge >= 0.3 is 0 Å². The normalized spacial score (nSPS) is 8.14. The van der Waals surface area contributed by atoms with Crippen LogP contribution in [0.3, 0.4) is 0 Å². The summed E-state index contributed by atoms with van der Waals surface area (Å²) in [5.41, 5.74) is 0. The molecule has 40 valence electrons. The fraction of sp³-hybridized carbons (Fsp3) is 0.500. The lowest BCUT2D eigenvalue weighted by atomic mass is 10.5. The predicted octanol–water partition coefficient (Wildman–Crippen LogP) is 1.13. The SMILES string of the molecule is [CH-]=[N+](C=C)CCC. The molecule has 0 unspecified atom stereocenters. The zero-order valence-electron chi connectivity index (χ0n) is 4.72. The van der Waals surface area contributed by atoms with E-state index >= 15 is 0 Å². The summed E-state index contributed by atoms with van der Waals surface area (Å²) in [7, 11) is 0. The molecule has 0 heterocycles. The van der Waals surface area contributed by atoms with Crippen LogP contribution in [0.25, 0.3) is 0 Å². The fourth-order valence-electron chi connectivity index (χ4n) is 0.349. The second-order valence-electron chi connectivity index (χ2n) is 1.42. The van der Waals surface area contributed by atoms with Crippen LogP contribution in [0.15, 0.2) is 12.8 Å². The van der Waals surface area contributed by atoms with Crippen molar-refractivity contribution in [1.29, 1.82) is 0 Å². The van der Waals surface area contributed by atoms with Crippen molar-refractivity contribution in [3.63, 3.8) is 0 Å². The maximum absolute atomic E-state index is 5.30. The molecule has 0 radical (unpaired) electrons. The minimum Gasteiger partial charge on any atom is -0.373 e. The summed E-state index contributed by atoms with van der Waals surface area (Å²) < 4.78 is 1.57. The van der Waals surface area contributed by atoms with Gasteiger partial charge in [0.1, 0.15) is 6.54 Å². The van der Waals surface area contributed by atoms with Crippen LogP contribution < -0.4 is 0 Å². The molecule has 0 aromatic rings. The van der Waals surface area contributed by atoms with E-state index in [0.29, 0.717) is 0 Å². The van der Waals surface area contributed by atoms with Crippen LogP contribution in [-0.2, 0) is 0 Å². The van der Waals surface area contributed by atoms with E-state index in [2.05, 4.69) is 13.5 Å². The van der Waals surface area contributed by atoms with Gasteiger partial charge in [-0.1, -0.05) is 6.92 Å². The van der Waals surface area contributed by atoms with Gasteiger partial charge in [-0.05, 0) is 0 Å². The molecule has 0 aliphatic heterocycles. The van der Waals surface area contributed by atoms with Crippen molar-refractivity contribution in [3.8, 4) is 0 Å². The zero-order valence-corrected chi connectivity index (χ0v) is 4.72. The summed E-state index contributed by atoms with van der Waals surface area (Å²) in [6.45, 7) is 11.7. The highest BCUT2D eigenvalue weighted by atomic mass is 14.9. The number of hydrogen-bond acceptors (Lipinski definition) is 0. The van der Waals surface area contributed by atoms with Gasteiger partial charge in [-0.2, -0.15) is 0 Å². The minimum atomic E-state index is 0.892. The standard InChI is InChI=1S/C6H11N/c1-4-6-7(3)5-2/h3,5H,2,4,6H2,1H3. The van der Waals surface area contributed by atoms with E-state index in [-0.39, 0.29) is 0 Å². The van der Waals surface area contributed by atoms with Crippen molar-refractivity contribution >= 4 is 6.72 Å². The quantitative estimate of drug-likeness (QED) is 0.282. The Morgan fingerprint density at radius 2 is 2.43 bits per heavy atom. The highest BCUT2D eigenvalue weighted by Gasteiger charge is 1.77. The Morgan fingerprint density at radius 3 is 2.57 bits per heavy atom. The Labute approximate surface area is 45.0 Å². The summed E-state index contributed by atoms with van der Waals surface area (Å²) in [6.07, 6.45) is 2.69. The van der Waals surface area contributed by atoms with Gasteiger partial charge in [-0.15, -0.1) is 6.58 Å². The first-order valence-corrected chi connectivity index (χ1v) is 2.45. The van der Waals surface area contributed by atoms with E-state index in [1.807, 2.05) is 0 Å². The maximum atomic E-state index is 5.30. The maximum Gasteiger partial charge on any atom is 0.114 e. The van der Waals surface area contributed by atoms with E-state index in [1.165, 1.54) is 0 Å². The van der Waals surface area contributed by atoms with Gasteiger partial charge < -0.3 is 4.58 Å². The highest BCUT2D eigenvalue weighted by Crippen LogP contribution is 1.75. The van der Waals surface area contributed by atoms with Crippen molar-refractivity contribution in [2.45, 2.75) is 13.3 Å². The van der Waals surface area contributed by atoms with Crippen molar-refractivity contribution in [2.24, 2.45) is 0 Å². The van der Waals surface area contributed by atoms with Crippen molar-refractivity contribution in [3.05, 3.63) is 12.8 Å². The average Bonchev–Trinajstić information content (AvgIpc) is 1.68. The first-order valence-electron chi connectivity index (χ1n) is 2.45. The number of hydrogen-bond donors (Lipinski definition) is 0. The molecule has 0 amide bonds. The van der Waals surface area contributed by atoms with E-state index in [1.54, 1.807) is 10.8 Å². The Morgan fingerprint density at radius 1 is 1.86 bits per heavy atom. The zero-order chi connectivity index (χ0) is 5.70. The van der Waals surface area contributed by atoms with Crippen LogP contribution in [-0.4, -0.2) is 17.8 Å². The largest absolute Gasteiger partial charge is 0.373 e. The molecule has 0 saturated heterocycles. The molecule has 0 aliphatic carbocycles. The van der Waals surface area contributed by atoms with Gasteiger partial charge in [-0.25, -0.2) is 0 Å². The third-order valence-corrected chi connectivity index (χ3v) is 0.716. The summed E-state index contributed by atoms with van der Waals surface area (Å²) in [4.78, 5) is 0. The monoisotopic (exact) mass is 97.1 g/mol. The van der Waals surface area contributed by atoms with Crippen LogP contribution >= 0.6 is 0 Å². The molecular weight excluding hydrogens is 86.1 g/mol. The second kappa shape index (κ2) is 3.59. The lowest BCUT2D eigenvalue weighted by Crippen LogP contribution is -1.99. The first-order chi connectivity index (χ1) is 3.31. The molecule has 0 saturated carbocycles. The molecule has 0 rings (SSSR count). The molecular formula is C6H11N. The van der Waals surface area contributed by atoms with Gasteiger partial charge in [0, 0.05) is 19.3 Å². The average molecular weight is 97.2 g/mol. The van der Waals surface area contributed by atoms with E-state index in [9.17, 15) is 0 Å². The van der Waals surface area contributed by atoms with Crippen LogP contribution in [0, 0.1) is 0 Å². The highest BCUT2D eigenvalue weighted by molar-refractivity contribution is 5.15. The molecule has 0 atom stereocenters. The molecule has 0 bridgehead atoms. The van der Waals surface area contributed by atoms with Gasteiger partial charge in [-0.3, -0.25) is 0 Å². The van der Waals surface area contributed by atoms with Crippen LogP contribution in [0.4, 0.5) is 0 Å². The Kier molecular flexibility index (Phi) is 3.29. The van der Waals surface area contributed by atoms with E-state index in [0.717, 1.165) is 13.0 Å². The molecule has 0 fully saturated rings. The molecule has 1 heteroatoms. The lowest BCUT2D eigenvalue weighted by molar-refractivity contribution is -0.447. The molecule has 0 aromatic heterocycles. The molecule has 1 nitrogen and oxygen atoms in total. The van der Waals surface area contributed by atoms with Gasteiger partial charge in [0.05, 0.1) is 0 Å². The summed E-state index contributed by atoms with van der Waals surface area (Å²) >= 11 is 0. The van der Waals surface area contributed by atoms with Crippen molar-refractivity contribution < 1.29 is 4.58 Å². The minimum absolute atomic E-state index is 0.892. The van der Waals surface area contributed by atoms with Crippen molar-refractivity contribution in [1.82, 2.24) is 0 Å². The molecule has 0 aromatic carbocycles. The Hall–Kier alpha value is -0.590. The summed E-state index contributed by atoms with van der Waals surface area (Å²) in [6, 6.07) is 0. The molecule has 7 heavy (non-hydrogen) atoms. The third-order valence-electron chi connectivity index (χ3n) is 0.716. The topological polar surface area (TPSA) is 3.01 Å². The smallest absolute Gasteiger partial charge is 0.114 e. The van der Waals surface area contributed by atoms with E-state index in [4.69, 9.17) is 6.72 Å². The predicted molar refractivity (Wildman–Crippen MR) is 31.7 cm³/mol. The molecule has 0 aliphatic rings. The van der Waals surface area contributed by atoms with Crippen LogP contribution in [0.5, 0.6) is 0 Å². The van der Waals surface area contributed by atoms with Gasteiger partial charge in [0.25, 0.3) is 0 Å². The molecule has 0 spiro atoms. The molecule has 0 N–H and O–H groups in total. The summed E-state index contributed by atoms with van der Waals surface area (Å²) in [5, 5.41) is 0. The van der Waals surface area contributed by atoms with Crippen molar-refractivity contribution in [2.75, 3.05) is 6.54 Å². The second-order valence-corrected chi connectivity index (χ2v) is 1.42. The van der Waals surface area contributed by atoms with Gasteiger partial charge in [0.15, 0.2) is 0 Å². The van der Waals surface area contributed by atoms with Crippen LogP contribution in [0.2, 0.25) is 0 Å². The van der Waals surface area contributed by atoms with E-state index < -0.39 is 0 Å². The third kappa shape index (κ3) is 3.23. The lowest BCUT2D eigenvalue weighted by Gasteiger charge is -1.95. The summed E-state index contributed by atoms with van der Waals surface area (Å²) in [5.74, 6) is 0. The number of rotatable bonds is 3. The number of nitrogens with zero attached hydrogens (tertiary/aromatic N) is 1. The Balaban J connectivity index is 3.17. The van der Waals surface area contributed by atoms with Crippen LogP contribution in [0.1, 0.15) is 13.3 Å². The van der Waals surface area contributed by atoms with Gasteiger partial charge in [0.2, 0.25) is 0 Å². The fourth-order valence-corrected chi connectivity index (χ4v) is 0.349. The Bertz CT molecular complexity index is 74.2.